The first-order valence-corrected chi connectivity index (χ1v) is 4.97. The fourth-order valence-corrected chi connectivity index (χ4v) is 1.10. The number of ether oxygens (including phenoxy) is 1. The molecule has 0 aliphatic heterocycles. The van der Waals surface area contributed by atoms with Crippen LogP contribution >= 0.6 is 12.4 Å². The van der Waals surface area contributed by atoms with Gasteiger partial charge in [0.15, 0.2) is 5.96 Å². The van der Waals surface area contributed by atoms with Crippen molar-refractivity contribution in [2.75, 3.05) is 13.2 Å². The standard InChI is InChI=1S/C11H15N3O2.ClH/c12-11(13)14-7-4-8-16-10(15)9-5-2-1-3-6-9;/h1-3,5-6H,4,7-8H2,(H4,12,13,14);1H. The van der Waals surface area contributed by atoms with Crippen molar-refractivity contribution in [1.29, 1.82) is 0 Å². The molecule has 1 aromatic carbocycles. The van der Waals surface area contributed by atoms with Crippen LogP contribution in [0.5, 0.6) is 0 Å². The van der Waals surface area contributed by atoms with E-state index in [1.54, 1.807) is 24.3 Å². The van der Waals surface area contributed by atoms with E-state index < -0.39 is 0 Å². The van der Waals surface area contributed by atoms with Gasteiger partial charge in [-0.1, -0.05) is 18.2 Å². The maximum atomic E-state index is 11.4. The lowest BCUT2D eigenvalue weighted by molar-refractivity contribution is 0.0503. The summed E-state index contributed by atoms with van der Waals surface area (Å²) in [6, 6.07) is 8.83. The molecule has 94 valence electrons. The SMILES string of the molecule is Cl.NC(N)=NCCCOC(=O)c1ccccc1. The molecule has 0 bridgehead atoms. The summed E-state index contributed by atoms with van der Waals surface area (Å²) < 4.78 is 5.02. The fraction of sp³-hybridized carbons (Fsp3) is 0.273. The Kier molecular flexibility index (Phi) is 7.54. The van der Waals surface area contributed by atoms with E-state index in [2.05, 4.69) is 4.99 Å². The number of hydrogen-bond acceptors (Lipinski definition) is 3. The van der Waals surface area contributed by atoms with Gasteiger partial charge in [0.25, 0.3) is 0 Å². The molecule has 0 fully saturated rings. The van der Waals surface area contributed by atoms with Crippen molar-refractivity contribution >= 4 is 24.3 Å². The topological polar surface area (TPSA) is 90.7 Å². The Morgan fingerprint density at radius 3 is 2.47 bits per heavy atom. The average molecular weight is 258 g/mol. The maximum absolute atomic E-state index is 11.4. The first-order chi connectivity index (χ1) is 7.70. The van der Waals surface area contributed by atoms with E-state index in [1.165, 1.54) is 0 Å². The monoisotopic (exact) mass is 257 g/mol. The summed E-state index contributed by atoms with van der Waals surface area (Å²) in [7, 11) is 0. The van der Waals surface area contributed by atoms with Crippen molar-refractivity contribution in [1.82, 2.24) is 0 Å². The van der Waals surface area contributed by atoms with Gasteiger partial charge in [-0.05, 0) is 12.1 Å². The number of halogens is 1. The predicted molar refractivity (Wildman–Crippen MR) is 69.3 cm³/mol. The zero-order chi connectivity index (χ0) is 11.8. The van der Waals surface area contributed by atoms with Gasteiger partial charge in [0.1, 0.15) is 0 Å². The molecular weight excluding hydrogens is 242 g/mol. The van der Waals surface area contributed by atoms with E-state index >= 15 is 0 Å². The number of rotatable bonds is 5. The number of nitrogens with two attached hydrogens (primary N) is 2. The second kappa shape index (κ2) is 8.41. The Morgan fingerprint density at radius 2 is 1.88 bits per heavy atom. The van der Waals surface area contributed by atoms with Gasteiger partial charge in [0, 0.05) is 13.0 Å². The lowest BCUT2D eigenvalue weighted by Crippen LogP contribution is -2.23. The summed E-state index contributed by atoms with van der Waals surface area (Å²) in [6.07, 6.45) is 0.608. The van der Waals surface area contributed by atoms with Crippen LogP contribution in [0.3, 0.4) is 0 Å². The number of carbonyl (C=O) groups excluding carboxylic acids is 1. The molecule has 0 radical (unpaired) electrons. The van der Waals surface area contributed by atoms with Crippen molar-refractivity contribution < 1.29 is 9.53 Å². The van der Waals surface area contributed by atoms with Crippen LogP contribution in [0.25, 0.3) is 0 Å². The Balaban J connectivity index is 0.00000256. The summed E-state index contributed by atoms with van der Waals surface area (Å²) in [6.45, 7) is 0.773. The number of aliphatic imine (C=N–C) groups is 1. The Morgan fingerprint density at radius 1 is 1.24 bits per heavy atom. The van der Waals surface area contributed by atoms with Gasteiger partial charge in [-0.25, -0.2) is 4.79 Å². The lowest BCUT2D eigenvalue weighted by atomic mass is 10.2. The number of hydrogen-bond donors (Lipinski definition) is 2. The van der Waals surface area contributed by atoms with Crippen LogP contribution < -0.4 is 11.5 Å². The van der Waals surface area contributed by atoms with E-state index in [9.17, 15) is 4.79 Å². The minimum atomic E-state index is -0.328. The molecule has 1 rings (SSSR count). The van der Waals surface area contributed by atoms with Crippen LogP contribution in [-0.4, -0.2) is 25.1 Å². The minimum Gasteiger partial charge on any atom is -0.462 e. The van der Waals surface area contributed by atoms with Crippen molar-refractivity contribution in [3.05, 3.63) is 35.9 Å². The molecule has 0 aliphatic carbocycles. The minimum absolute atomic E-state index is 0. The Labute approximate surface area is 106 Å². The second-order valence-corrected chi connectivity index (χ2v) is 3.16. The van der Waals surface area contributed by atoms with Gasteiger partial charge >= 0.3 is 5.97 Å². The number of nitrogens with zero attached hydrogens (tertiary/aromatic N) is 1. The van der Waals surface area contributed by atoms with Gasteiger partial charge < -0.3 is 16.2 Å². The van der Waals surface area contributed by atoms with Crippen LogP contribution in [0.1, 0.15) is 16.8 Å². The molecule has 0 aliphatic rings. The molecular formula is C11H16ClN3O2. The molecule has 4 N–H and O–H groups in total. The molecule has 0 saturated heterocycles. The quantitative estimate of drug-likeness (QED) is 0.355. The molecule has 0 aromatic heterocycles. The molecule has 0 amide bonds. The van der Waals surface area contributed by atoms with Crippen LogP contribution in [0, 0.1) is 0 Å². The molecule has 0 unspecified atom stereocenters. The van der Waals surface area contributed by atoms with Crippen LogP contribution in [0.15, 0.2) is 35.3 Å². The Hall–Kier alpha value is -1.75. The van der Waals surface area contributed by atoms with Gasteiger partial charge in [0.05, 0.1) is 12.2 Å². The number of carbonyl (C=O) groups is 1. The average Bonchev–Trinajstić information content (AvgIpc) is 2.29. The molecule has 0 spiro atoms. The first-order valence-electron chi connectivity index (χ1n) is 4.97. The van der Waals surface area contributed by atoms with Crippen molar-refractivity contribution in [3.63, 3.8) is 0 Å². The van der Waals surface area contributed by atoms with Crippen LogP contribution in [-0.2, 0) is 4.74 Å². The third-order valence-electron chi connectivity index (χ3n) is 1.84. The third-order valence-corrected chi connectivity index (χ3v) is 1.84. The van der Waals surface area contributed by atoms with Crippen molar-refractivity contribution in [2.45, 2.75) is 6.42 Å². The first kappa shape index (κ1) is 15.2. The highest BCUT2D eigenvalue weighted by molar-refractivity contribution is 5.89. The highest BCUT2D eigenvalue weighted by atomic mass is 35.5. The van der Waals surface area contributed by atoms with E-state index in [-0.39, 0.29) is 24.3 Å². The van der Waals surface area contributed by atoms with Crippen molar-refractivity contribution in [2.24, 2.45) is 16.5 Å². The van der Waals surface area contributed by atoms with Crippen molar-refractivity contribution in [3.8, 4) is 0 Å². The highest BCUT2D eigenvalue weighted by Crippen LogP contribution is 2.01. The summed E-state index contributed by atoms with van der Waals surface area (Å²) in [5.41, 5.74) is 10.8. The second-order valence-electron chi connectivity index (χ2n) is 3.16. The van der Waals surface area contributed by atoms with E-state index in [0.717, 1.165) is 0 Å². The summed E-state index contributed by atoms with van der Waals surface area (Å²) in [5.74, 6) is -0.278. The third kappa shape index (κ3) is 6.42. The number of benzene rings is 1. The largest absolute Gasteiger partial charge is 0.462 e. The van der Waals surface area contributed by atoms with E-state index in [4.69, 9.17) is 16.2 Å². The number of guanidine groups is 1. The maximum Gasteiger partial charge on any atom is 0.338 e. The summed E-state index contributed by atoms with van der Waals surface area (Å²) in [4.78, 5) is 15.2. The summed E-state index contributed by atoms with van der Waals surface area (Å²) >= 11 is 0. The van der Waals surface area contributed by atoms with Gasteiger partial charge in [-0.15, -0.1) is 12.4 Å². The molecule has 6 heteroatoms. The molecule has 0 heterocycles. The predicted octanol–water partition coefficient (Wildman–Crippen LogP) is 0.929. The molecule has 0 saturated carbocycles. The normalized spacial score (nSPS) is 8.94. The zero-order valence-electron chi connectivity index (χ0n) is 9.33. The van der Waals surface area contributed by atoms with Crippen LogP contribution in [0.4, 0.5) is 0 Å². The fourth-order valence-electron chi connectivity index (χ4n) is 1.10. The van der Waals surface area contributed by atoms with Gasteiger partial charge in [0.2, 0.25) is 0 Å². The highest BCUT2D eigenvalue weighted by Gasteiger charge is 2.04. The Bertz CT molecular complexity index is 364. The summed E-state index contributed by atoms with van der Waals surface area (Å²) in [5, 5.41) is 0. The van der Waals surface area contributed by atoms with Gasteiger partial charge in [-0.2, -0.15) is 0 Å². The van der Waals surface area contributed by atoms with Crippen LogP contribution in [0.2, 0.25) is 0 Å². The number of esters is 1. The smallest absolute Gasteiger partial charge is 0.338 e. The lowest BCUT2D eigenvalue weighted by Gasteiger charge is -2.03. The molecule has 17 heavy (non-hydrogen) atoms. The molecule has 0 atom stereocenters. The zero-order valence-corrected chi connectivity index (χ0v) is 10.2. The van der Waals surface area contributed by atoms with Gasteiger partial charge in [-0.3, -0.25) is 4.99 Å². The van der Waals surface area contributed by atoms with E-state index in [1.807, 2.05) is 6.07 Å². The molecule has 5 nitrogen and oxygen atoms in total. The van der Waals surface area contributed by atoms with E-state index in [0.29, 0.717) is 25.1 Å². The molecule has 1 aromatic rings.